The first-order valence-electron chi connectivity index (χ1n) is 6.92. The normalized spacial score (nSPS) is 13.6. The smallest absolute Gasteiger partial charge is 0.408 e. The average molecular weight is 313 g/mol. The fourth-order valence-electron chi connectivity index (χ4n) is 1.78. The Morgan fingerprint density at radius 1 is 1.36 bits per heavy atom. The summed E-state index contributed by atoms with van der Waals surface area (Å²) in [5, 5.41) is 2.70. The van der Waals surface area contributed by atoms with Gasteiger partial charge in [-0.2, -0.15) is 0 Å². The number of ether oxygens (including phenoxy) is 2. The number of anilines is 1. The lowest BCUT2D eigenvalue weighted by Crippen LogP contribution is -2.45. The summed E-state index contributed by atoms with van der Waals surface area (Å²) in [5.41, 5.74) is 4.48. The Balaban J connectivity index is 3.09. The molecule has 1 amide bonds. The second-order valence-electron chi connectivity index (χ2n) is 6.52. The molecule has 0 bridgehead atoms. The van der Waals surface area contributed by atoms with Crippen LogP contribution in [0.15, 0.2) is 12.3 Å². The van der Waals surface area contributed by atoms with Crippen LogP contribution < -0.4 is 11.1 Å². The maximum atomic E-state index is 13.3. The van der Waals surface area contributed by atoms with Crippen LogP contribution >= 0.6 is 0 Å². The first-order chi connectivity index (χ1) is 9.96. The quantitative estimate of drug-likeness (QED) is 0.892. The number of nitrogens with zero attached hydrogens (tertiary/aromatic N) is 1. The summed E-state index contributed by atoms with van der Waals surface area (Å²) >= 11 is 0. The van der Waals surface area contributed by atoms with Gasteiger partial charge in [-0.05, 0) is 40.7 Å². The van der Waals surface area contributed by atoms with Gasteiger partial charge in [0.15, 0.2) is 5.82 Å². The van der Waals surface area contributed by atoms with Crippen molar-refractivity contribution in [2.75, 3.05) is 12.8 Å². The van der Waals surface area contributed by atoms with E-state index >= 15 is 0 Å². The van der Waals surface area contributed by atoms with E-state index in [4.69, 9.17) is 15.2 Å². The number of nitrogen functional groups attached to an aromatic ring is 1. The third-order valence-electron chi connectivity index (χ3n) is 3.08. The summed E-state index contributed by atoms with van der Waals surface area (Å²) in [5.74, 6) is -0.616. The second-order valence-corrected chi connectivity index (χ2v) is 6.52. The minimum Gasteiger partial charge on any atom is -0.444 e. The van der Waals surface area contributed by atoms with Gasteiger partial charge in [0.05, 0.1) is 23.2 Å². The highest BCUT2D eigenvalue weighted by Gasteiger charge is 2.35. The predicted octanol–water partition coefficient (Wildman–Crippen LogP) is 2.79. The molecular formula is C15H24FN3O3. The molecule has 1 aromatic rings. The maximum Gasteiger partial charge on any atom is 0.408 e. The molecule has 0 unspecified atom stereocenters. The van der Waals surface area contributed by atoms with E-state index in [1.54, 1.807) is 34.6 Å². The number of carbonyl (C=O) groups is 1. The molecule has 0 spiro atoms. The van der Waals surface area contributed by atoms with Gasteiger partial charge in [0, 0.05) is 7.11 Å². The van der Waals surface area contributed by atoms with Gasteiger partial charge in [0.2, 0.25) is 0 Å². The Morgan fingerprint density at radius 2 is 1.95 bits per heavy atom. The van der Waals surface area contributed by atoms with Crippen LogP contribution in [0.1, 0.15) is 46.4 Å². The van der Waals surface area contributed by atoms with Crippen molar-refractivity contribution in [2.24, 2.45) is 0 Å². The fourth-order valence-corrected chi connectivity index (χ4v) is 1.78. The van der Waals surface area contributed by atoms with Gasteiger partial charge in [-0.3, -0.25) is 4.98 Å². The number of carbonyl (C=O) groups excluding carboxylic acids is 1. The van der Waals surface area contributed by atoms with Crippen LogP contribution in [-0.2, 0) is 9.47 Å². The molecule has 1 rings (SSSR count). The summed E-state index contributed by atoms with van der Waals surface area (Å²) in [7, 11) is 1.51. The molecule has 0 aliphatic rings. The number of amides is 1. The van der Waals surface area contributed by atoms with E-state index in [2.05, 4.69) is 10.3 Å². The molecule has 3 N–H and O–H groups in total. The predicted molar refractivity (Wildman–Crippen MR) is 81.8 cm³/mol. The largest absolute Gasteiger partial charge is 0.444 e. The minimum absolute atomic E-state index is 0.0482. The third kappa shape index (κ3) is 4.84. The minimum atomic E-state index is -0.797. The number of halogens is 1. The second kappa shape index (κ2) is 6.48. The van der Waals surface area contributed by atoms with Gasteiger partial charge in [-0.1, -0.05) is 0 Å². The van der Waals surface area contributed by atoms with Gasteiger partial charge < -0.3 is 20.5 Å². The van der Waals surface area contributed by atoms with Gasteiger partial charge in [0.25, 0.3) is 0 Å². The Kier molecular flexibility index (Phi) is 5.35. The van der Waals surface area contributed by atoms with Gasteiger partial charge in [-0.25, -0.2) is 9.18 Å². The lowest BCUT2D eigenvalue weighted by atomic mass is 9.95. The molecule has 7 heteroatoms. The van der Waals surface area contributed by atoms with Crippen molar-refractivity contribution in [1.82, 2.24) is 10.3 Å². The highest BCUT2D eigenvalue weighted by molar-refractivity contribution is 5.68. The summed E-state index contributed by atoms with van der Waals surface area (Å²) in [6, 6.07) is 0.716. The van der Waals surface area contributed by atoms with E-state index in [-0.39, 0.29) is 5.69 Å². The zero-order valence-electron chi connectivity index (χ0n) is 13.9. The molecule has 0 saturated heterocycles. The van der Waals surface area contributed by atoms with E-state index in [9.17, 15) is 9.18 Å². The third-order valence-corrected chi connectivity index (χ3v) is 3.08. The summed E-state index contributed by atoms with van der Waals surface area (Å²) < 4.78 is 23.9. The number of pyridine rings is 1. The number of hydrogen-bond donors (Lipinski definition) is 2. The summed E-state index contributed by atoms with van der Waals surface area (Å²) in [4.78, 5) is 16.0. The zero-order chi connectivity index (χ0) is 17.1. The van der Waals surface area contributed by atoms with Crippen molar-refractivity contribution in [3.8, 4) is 0 Å². The van der Waals surface area contributed by atoms with Crippen LogP contribution in [0.25, 0.3) is 0 Å². The van der Waals surface area contributed by atoms with Crippen LogP contribution in [0.2, 0.25) is 0 Å². The Hall–Kier alpha value is -1.89. The van der Waals surface area contributed by atoms with Crippen molar-refractivity contribution in [3.63, 3.8) is 0 Å². The molecule has 6 nitrogen and oxygen atoms in total. The van der Waals surface area contributed by atoms with Crippen LogP contribution in [0.4, 0.5) is 14.9 Å². The monoisotopic (exact) mass is 313 g/mol. The molecule has 1 aromatic heterocycles. The van der Waals surface area contributed by atoms with Gasteiger partial charge in [-0.15, -0.1) is 0 Å². The molecule has 0 aromatic carbocycles. The Bertz CT molecular complexity index is 541. The van der Waals surface area contributed by atoms with Crippen LogP contribution in [0, 0.1) is 5.82 Å². The van der Waals surface area contributed by atoms with Crippen LogP contribution in [-0.4, -0.2) is 29.4 Å². The highest BCUT2D eigenvalue weighted by atomic mass is 19.1. The van der Waals surface area contributed by atoms with Crippen molar-refractivity contribution in [2.45, 2.75) is 51.9 Å². The number of nitrogens with two attached hydrogens (primary N) is 1. The summed E-state index contributed by atoms with van der Waals surface area (Å²) in [6.07, 6.45) is 0.396. The Labute approximate surface area is 130 Å². The SMILES string of the molecule is COC(C)(C)[C@H](NC(=O)OC(C)(C)C)c1cc(N)c(F)cn1. The zero-order valence-corrected chi connectivity index (χ0v) is 13.9. The molecule has 124 valence electrons. The molecular weight excluding hydrogens is 289 g/mol. The molecule has 0 fully saturated rings. The van der Waals surface area contributed by atoms with Crippen molar-refractivity contribution >= 4 is 11.8 Å². The lowest BCUT2D eigenvalue weighted by molar-refractivity contribution is -0.0182. The highest BCUT2D eigenvalue weighted by Crippen LogP contribution is 2.29. The number of hydrogen-bond acceptors (Lipinski definition) is 5. The number of alkyl carbamates (subject to hydrolysis) is 1. The molecule has 0 aliphatic heterocycles. The molecule has 0 saturated carbocycles. The topological polar surface area (TPSA) is 86.5 Å². The molecule has 0 radical (unpaired) electrons. The van der Waals surface area contributed by atoms with Gasteiger partial charge >= 0.3 is 6.09 Å². The Morgan fingerprint density at radius 3 is 2.41 bits per heavy atom. The van der Waals surface area contributed by atoms with E-state index in [1.165, 1.54) is 13.2 Å². The standard InChI is InChI=1S/C15H24FN3O3/c1-14(2,3)22-13(20)19-12(15(4,5)21-6)11-7-10(17)9(16)8-18-11/h7-8,12H,1-6H3,(H2,17,18)(H,19,20)/t12-/m1/s1. The molecule has 0 aliphatic carbocycles. The van der Waals surface area contributed by atoms with E-state index in [0.717, 1.165) is 6.20 Å². The van der Waals surface area contributed by atoms with E-state index < -0.39 is 29.2 Å². The van der Waals surface area contributed by atoms with Crippen LogP contribution in [0.5, 0.6) is 0 Å². The number of nitrogens with one attached hydrogen (secondary N) is 1. The summed E-state index contributed by atoms with van der Waals surface area (Å²) in [6.45, 7) is 8.83. The van der Waals surface area contributed by atoms with Crippen molar-refractivity contribution in [1.29, 1.82) is 0 Å². The lowest BCUT2D eigenvalue weighted by Gasteiger charge is -2.34. The number of methoxy groups -OCH3 is 1. The first-order valence-corrected chi connectivity index (χ1v) is 6.92. The molecule has 1 heterocycles. The average Bonchev–Trinajstić information content (AvgIpc) is 2.37. The number of aromatic nitrogens is 1. The van der Waals surface area contributed by atoms with E-state index in [1.807, 2.05) is 0 Å². The first kappa shape index (κ1) is 18.2. The van der Waals surface area contributed by atoms with Crippen molar-refractivity contribution < 1.29 is 18.7 Å². The fraction of sp³-hybridized carbons (Fsp3) is 0.600. The van der Waals surface area contributed by atoms with Crippen LogP contribution in [0.3, 0.4) is 0 Å². The van der Waals surface area contributed by atoms with Gasteiger partial charge in [0.1, 0.15) is 11.6 Å². The number of rotatable bonds is 4. The molecule has 1 atom stereocenters. The molecule has 22 heavy (non-hydrogen) atoms. The van der Waals surface area contributed by atoms with E-state index in [0.29, 0.717) is 5.69 Å². The van der Waals surface area contributed by atoms with Crippen molar-refractivity contribution in [3.05, 3.63) is 23.8 Å². The maximum absolute atomic E-state index is 13.3.